The minimum absolute atomic E-state index is 0.0324. The van der Waals surface area contributed by atoms with Gasteiger partial charge in [-0.2, -0.15) is 0 Å². The molecule has 0 fully saturated rings. The maximum Gasteiger partial charge on any atom is 0.268 e. The van der Waals surface area contributed by atoms with Crippen LogP contribution < -0.4 is 5.32 Å². The van der Waals surface area contributed by atoms with Crippen molar-refractivity contribution < 1.29 is 14.7 Å². The predicted octanol–water partition coefficient (Wildman–Crippen LogP) is 1.20. The van der Waals surface area contributed by atoms with E-state index in [1.165, 1.54) is 6.92 Å². The highest BCUT2D eigenvalue weighted by molar-refractivity contribution is 6.02. The second-order valence-electron chi connectivity index (χ2n) is 4.22. The molecular formula is C13H20N2O3. The maximum atomic E-state index is 12.0. The third-order valence-electron chi connectivity index (χ3n) is 2.84. The highest BCUT2D eigenvalue weighted by Crippen LogP contribution is 2.20. The Hall–Kier alpha value is -1.62. The first kappa shape index (κ1) is 14.4. The van der Waals surface area contributed by atoms with Crippen LogP contribution in [0.15, 0.2) is 0 Å². The zero-order chi connectivity index (χ0) is 13.7. The molecule has 0 saturated carbocycles. The van der Waals surface area contributed by atoms with Gasteiger partial charge in [0.05, 0.1) is 0 Å². The van der Waals surface area contributed by atoms with E-state index in [1.54, 1.807) is 6.92 Å². The summed E-state index contributed by atoms with van der Waals surface area (Å²) in [7, 11) is 0. The number of H-pyrrole nitrogens is 1. The monoisotopic (exact) mass is 252 g/mol. The van der Waals surface area contributed by atoms with E-state index in [1.807, 2.05) is 6.92 Å². The molecule has 0 aliphatic carbocycles. The molecule has 0 saturated heterocycles. The number of aliphatic hydroxyl groups excluding tert-OH is 1. The molecule has 0 unspecified atom stereocenters. The van der Waals surface area contributed by atoms with Crippen LogP contribution in [0.1, 0.15) is 52.4 Å². The van der Waals surface area contributed by atoms with Crippen LogP contribution in [0.4, 0.5) is 0 Å². The average molecular weight is 252 g/mol. The smallest absolute Gasteiger partial charge is 0.268 e. The maximum absolute atomic E-state index is 12.0. The number of aromatic amines is 1. The van der Waals surface area contributed by atoms with Gasteiger partial charge in [0.2, 0.25) is 0 Å². The molecule has 0 aromatic carbocycles. The summed E-state index contributed by atoms with van der Waals surface area (Å²) < 4.78 is 0. The van der Waals surface area contributed by atoms with Crippen molar-refractivity contribution in [3.05, 3.63) is 22.5 Å². The Labute approximate surface area is 107 Å². The van der Waals surface area contributed by atoms with Crippen LogP contribution in [-0.2, 0) is 6.42 Å². The standard InChI is InChI=1S/C13H20N2O3/c1-4-10-11(9(3)17)8(2)15-12(10)13(18)14-6-5-7-16/h15-16H,4-7H2,1-3H3,(H,14,18). The van der Waals surface area contributed by atoms with Crippen LogP contribution in [-0.4, -0.2) is 34.9 Å². The highest BCUT2D eigenvalue weighted by Gasteiger charge is 2.20. The Morgan fingerprint density at radius 1 is 1.39 bits per heavy atom. The fourth-order valence-electron chi connectivity index (χ4n) is 2.07. The van der Waals surface area contributed by atoms with Crippen molar-refractivity contribution >= 4 is 11.7 Å². The van der Waals surface area contributed by atoms with Crippen molar-refractivity contribution in [1.29, 1.82) is 0 Å². The lowest BCUT2D eigenvalue weighted by Crippen LogP contribution is -2.26. The molecule has 1 aromatic rings. The van der Waals surface area contributed by atoms with Crippen LogP contribution in [0.5, 0.6) is 0 Å². The van der Waals surface area contributed by atoms with Crippen molar-refractivity contribution in [3.8, 4) is 0 Å². The van der Waals surface area contributed by atoms with E-state index in [0.29, 0.717) is 30.6 Å². The van der Waals surface area contributed by atoms with E-state index in [4.69, 9.17) is 5.11 Å². The van der Waals surface area contributed by atoms with E-state index < -0.39 is 0 Å². The summed E-state index contributed by atoms with van der Waals surface area (Å²) in [4.78, 5) is 26.5. The molecule has 0 aliphatic heterocycles. The van der Waals surface area contributed by atoms with Gasteiger partial charge >= 0.3 is 0 Å². The van der Waals surface area contributed by atoms with Gasteiger partial charge in [-0.3, -0.25) is 9.59 Å². The first-order chi connectivity index (χ1) is 8.52. The van der Waals surface area contributed by atoms with Gasteiger partial charge in [0.1, 0.15) is 5.69 Å². The first-order valence-corrected chi connectivity index (χ1v) is 6.14. The van der Waals surface area contributed by atoms with Crippen molar-refractivity contribution in [2.24, 2.45) is 0 Å². The normalized spacial score (nSPS) is 10.4. The average Bonchev–Trinajstić information content (AvgIpc) is 2.66. The number of ketones is 1. The molecule has 0 spiro atoms. The quantitative estimate of drug-likeness (QED) is 0.525. The molecule has 0 radical (unpaired) electrons. The van der Waals surface area contributed by atoms with Crippen LogP contribution in [0.25, 0.3) is 0 Å². The number of rotatable bonds is 6. The summed E-state index contributed by atoms with van der Waals surface area (Å²) in [5, 5.41) is 11.4. The lowest BCUT2D eigenvalue weighted by atomic mass is 10.0. The highest BCUT2D eigenvalue weighted by atomic mass is 16.3. The Bertz CT molecular complexity index is 449. The van der Waals surface area contributed by atoms with Gasteiger partial charge in [0.25, 0.3) is 5.91 Å². The SMILES string of the molecule is CCc1c(C(=O)NCCCO)[nH]c(C)c1C(C)=O. The minimum atomic E-state index is -0.226. The molecule has 0 aliphatic rings. The molecule has 0 atom stereocenters. The number of hydrogen-bond acceptors (Lipinski definition) is 3. The summed E-state index contributed by atoms with van der Waals surface area (Å²) in [6, 6.07) is 0. The van der Waals surface area contributed by atoms with Crippen LogP contribution in [0.3, 0.4) is 0 Å². The Morgan fingerprint density at radius 3 is 2.56 bits per heavy atom. The number of carbonyl (C=O) groups excluding carboxylic acids is 2. The second-order valence-corrected chi connectivity index (χ2v) is 4.22. The van der Waals surface area contributed by atoms with E-state index in [0.717, 1.165) is 11.3 Å². The van der Waals surface area contributed by atoms with Crippen LogP contribution >= 0.6 is 0 Å². The summed E-state index contributed by atoms with van der Waals surface area (Å²) in [5.41, 5.74) is 2.57. The van der Waals surface area contributed by atoms with Gasteiger partial charge in [-0.15, -0.1) is 0 Å². The number of aryl methyl sites for hydroxylation is 1. The number of nitrogens with one attached hydrogen (secondary N) is 2. The van der Waals surface area contributed by atoms with E-state index >= 15 is 0 Å². The molecule has 1 rings (SSSR count). The van der Waals surface area contributed by atoms with Gasteiger partial charge in [-0.25, -0.2) is 0 Å². The van der Waals surface area contributed by atoms with E-state index in [-0.39, 0.29) is 18.3 Å². The van der Waals surface area contributed by atoms with Crippen LogP contribution in [0, 0.1) is 6.92 Å². The predicted molar refractivity (Wildman–Crippen MR) is 68.9 cm³/mol. The summed E-state index contributed by atoms with van der Waals surface area (Å²) >= 11 is 0. The molecule has 0 bridgehead atoms. The molecule has 5 heteroatoms. The summed E-state index contributed by atoms with van der Waals surface area (Å²) in [5.74, 6) is -0.258. The molecule has 1 heterocycles. The van der Waals surface area contributed by atoms with Gasteiger partial charge in [0, 0.05) is 24.4 Å². The largest absolute Gasteiger partial charge is 0.396 e. The zero-order valence-electron chi connectivity index (χ0n) is 11.1. The Kier molecular flexibility index (Phi) is 5.09. The number of aromatic nitrogens is 1. The topological polar surface area (TPSA) is 82.2 Å². The second kappa shape index (κ2) is 6.35. The summed E-state index contributed by atoms with van der Waals surface area (Å²) in [6.07, 6.45) is 1.15. The molecule has 100 valence electrons. The molecular weight excluding hydrogens is 232 g/mol. The third-order valence-corrected chi connectivity index (χ3v) is 2.84. The van der Waals surface area contributed by atoms with Crippen LogP contribution in [0.2, 0.25) is 0 Å². The van der Waals surface area contributed by atoms with Gasteiger partial charge in [-0.05, 0) is 32.3 Å². The fraction of sp³-hybridized carbons (Fsp3) is 0.538. The van der Waals surface area contributed by atoms with Gasteiger partial charge in [0.15, 0.2) is 5.78 Å². The Balaban J connectivity index is 2.98. The molecule has 5 nitrogen and oxygen atoms in total. The first-order valence-electron chi connectivity index (χ1n) is 6.14. The lowest BCUT2D eigenvalue weighted by molar-refractivity contribution is 0.0945. The van der Waals surface area contributed by atoms with Gasteiger partial charge < -0.3 is 15.4 Å². The van der Waals surface area contributed by atoms with Crippen molar-refractivity contribution in [1.82, 2.24) is 10.3 Å². The van der Waals surface area contributed by atoms with E-state index in [2.05, 4.69) is 10.3 Å². The lowest BCUT2D eigenvalue weighted by Gasteiger charge is -2.05. The Morgan fingerprint density at radius 2 is 2.06 bits per heavy atom. The summed E-state index contributed by atoms with van der Waals surface area (Å²) in [6.45, 7) is 5.68. The fourth-order valence-corrected chi connectivity index (χ4v) is 2.07. The molecule has 1 amide bonds. The third kappa shape index (κ3) is 2.98. The number of carbonyl (C=O) groups is 2. The number of amides is 1. The van der Waals surface area contributed by atoms with Crippen molar-refractivity contribution in [2.45, 2.75) is 33.6 Å². The number of hydrogen-bond donors (Lipinski definition) is 3. The minimum Gasteiger partial charge on any atom is -0.396 e. The van der Waals surface area contributed by atoms with Crippen molar-refractivity contribution in [2.75, 3.05) is 13.2 Å². The van der Waals surface area contributed by atoms with Gasteiger partial charge in [-0.1, -0.05) is 6.92 Å². The molecule has 18 heavy (non-hydrogen) atoms. The number of Topliss-reactive ketones (excluding diaryl/α,β-unsaturated/α-hetero) is 1. The molecule has 1 aromatic heterocycles. The van der Waals surface area contributed by atoms with Crippen molar-refractivity contribution in [3.63, 3.8) is 0 Å². The number of aliphatic hydroxyl groups is 1. The zero-order valence-corrected chi connectivity index (χ0v) is 11.1. The van der Waals surface area contributed by atoms with E-state index in [9.17, 15) is 9.59 Å². The molecule has 3 N–H and O–H groups in total.